The summed E-state index contributed by atoms with van der Waals surface area (Å²) in [6, 6.07) is 0. The molecule has 0 aromatic carbocycles. The molecule has 1 aliphatic heterocycles. The topological polar surface area (TPSA) is 49.7 Å². The van der Waals surface area contributed by atoms with Gasteiger partial charge in [0.2, 0.25) is 0 Å². The van der Waals surface area contributed by atoms with E-state index < -0.39 is 12.2 Å². The van der Waals surface area contributed by atoms with Gasteiger partial charge in [0.1, 0.15) is 0 Å². The third kappa shape index (κ3) is 2.22. The van der Waals surface area contributed by atoms with Gasteiger partial charge in [-0.05, 0) is 31.6 Å². The first-order valence-electron chi connectivity index (χ1n) is 5.23. The molecule has 3 atom stereocenters. The predicted molar refractivity (Wildman–Crippen MR) is 48.3 cm³/mol. The van der Waals surface area contributed by atoms with Crippen LogP contribution >= 0.6 is 0 Å². The molecule has 1 aliphatic carbocycles. The van der Waals surface area contributed by atoms with Crippen LogP contribution in [0.4, 0.5) is 0 Å². The molecule has 1 heterocycles. The van der Waals surface area contributed by atoms with Gasteiger partial charge in [-0.2, -0.15) is 0 Å². The van der Waals surface area contributed by atoms with Crippen molar-refractivity contribution in [3.63, 3.8) is 0 Å². The van der Waals surface area contributed by atoms with Crippen LogP contribution in [0, 0.1) is 11.8 Å². The van der Waals surface area contributed by atoms with Gasteiger partial charge >= 0.3 is 0 Å². The van der Waals surface area contributed by atoms with Gasteiger partial charge in [-0.25, -0.2) is 0 Å². The molecule has 1 saturated heterocycles. The Hall–Kier alpha value is -0.120. The molecule has 0 bridgehead atoms. The minimum atomic E-state index is -0.562. The third-order valence-electron chi connectivity index (χ3n) is 3.13. The summed E-state index contributed by atoms with van der Waals surface area (Å²) in [4.78, 5) is 0. The second kappa shape index (κ2) is 3.95. The normalized spacial score (nSPS) is 34.2. The van der Waals surface area contributed by atoms with Crippen LogP contribution in [0.15, 0.2) is 0 Å². The first-order chi connectivity index (χ1) is 6.29. The van der Waals surface area contributed by atoms with E-state index in [0.717, 1.165) is 32.3 Å². The van der Waals surface area contributed by atoms with Crippen LogP contribution in [0.25, 0.3) is 0 Å². The van der Waals surface area contributed by atoms with Gasteiger partial charge < -0.3 is 14.9 Å². The van der Waals surface area contributed by atoms with Crippen molar-refractivity contribution in [3.05, 3.63) is 0 Å². The zero-order valence-corrected chi connectivity index (χ0v) is 7.85. The van der Waals surface area contributed by atoms with Crippen molar-refractivity contribution in [3.8, 4) is 0 Å². The van der Waals surface area contributed by atoms with Crippen molar-refractivity contribution in [1.29, 1.82) is 0 Å². The molecule has 3 heteroatoms. The monoisotopic (exact) mass is 186 g/mol. The zero-order chi connectivity index (χ0) is 9.26. The molecule has 2 fully saturated rings. The summed E-state index contributed by atoms with van der Waals surface area (Å²) in [6.45, 7) is 1.42. The Bertz CT molecular complexity index is 162. The molecule has 76 valence electrons. The summed E-state index contributed by atoms with van der Waals surface area (Å²) in [6.07, 6.45) is 3.08. The number of aliphatic hydroxyl groups excluding tert-OH is 2. The van der Waals surface area contributed by atoms with Crippen molar-refractivity contribution < 1.29 is 14.9 Å². The third-order valence-corrected chi connectivity index (χ3v) is 3.13. The molecule has 2 N–H and O–H groups in total. The summed E-state index contributed by atoms with van der Waals surface area (Å²) in [5.41, 5.74) is 0. The number of hydrogen-bond acceptors (Lipinski definition) is 3. The standard InChI is InChI=1S/C10H18O3/c11-9(7-3-4-7)10(12)8-2-1-5-13-6-8/h7-12H,1-6H2. The van der Waals surface area contributed by atoms with E-state index in [2.05, 4.69) is 0 Å². The molecular formula is C10H18O3. The average molecular weight is 186 g/mol. The molecule has 3 unspecified atom stereocenters. The molecule has 2 rings (SSSR count). The highest BCUT2D eigenvalue weighted by Crippen LogP contribution is 2.36. The van der Waals surface area contributed by atoms with Gasteiger partial charge in [-0.1, -0.05) is 0 Å². The molecule has 0 aromatic heterocycles. The number of aliphatic hydroxyl groups is 2. The molecule has 0 aromatic rings. The van der Waals surface area contributed by atoms with E-state index in [4.69, 9.17) is 4.74 Å². The van der Waals surface area contributed by atoms with E-state index in [9.17, 15) is 10.2 Å². The van der Waals surface area contributed by atoms with Crippen LogP contribution in [-0.2, 0) is 4.74 Å². The first kappa shape index (κ1) is 9.44. The van der Waals surface area contributed by atoms with Crippen molar-refractivity contribution in [1.82, 2.24) is 0 Å². The highest BCUT2D eigenvalue weighted by molar-refractivity contribution is 4.88. The van der Waals surface area contributed by atoms with E-state index >= 15 is 0 Å². The van der Waals surface area contributed by atoms with Crippen molar-refractivity contribution in [2.24, 2.45) is 11.8 Å². The zero-order valence-electron chi connectivity index (χ0n) is 7.85. The maximum atomic E-state index is 9.82. The number of ether oxygens (including phenoxy) is 1. The number of hydrogen-bond donors (Lipinski definition) is 2. The Labute approximate surface area is 78.7 Å². The molecular weight excluding hydrogens is 168 g/mol. The van der Waals surface area contributed by atoms with Crippen LogP contribution in [0.1, 0.15) is 25.7 Å². The summed E-state index contributed by atoms with van der Waals surface area (Å²) in [7, 11) is 0. The second-order valence-electron chi connectivity index (χ2n) is 4.30. The Kier molecular flexibility index (Phi) is 2.86. The highest BCUT2D eigenvalue weighted by atomic mass is 16.5. The minimum Gasteiger partial charge on any atom is -0.390 e. The van der Waals surface area contributed by atoms with Crippen LogP contribution in [0.3, 0.4) is 0 Å². The lowest BCUT2D eigenvalue weighted by Gasteiger charge is -2.29. The second-order valence-corrected chi connectivity index (χ2v) is 4.30. The van der Waals surface area contributed by atoms with Crippen molar-refractivity contribution >= 4 is 0 Å². The van der Waals surface area contributed by atoms with E-state index in [-0.39, 0.29) is 5.92 Å². The van der Waals surface area contributed by atoms with Gasteiger partial charge in [0, 0.05) is 12.5 Å². The molecule has 2 aliphatic rings. The quantitative estimate of drug-likeness (QED) is 0.676. The summed E-state index contributed by atoms with van der Waals surface area (Å²) < 4.78 is 5.28. The fourth-order valence-corrected chi connectivity index (χ4v) is 2.03. The fraction of sp³-hybridized carbons (Fsp3) is 1.00. The van der Waals surface area contributed by atoms with Crippen LogP contribution in [0.5, 0.6) is 0 Å². The first-order valence-corrected chi connectivity index (χ1v) is 5.23. The van der Waals surface area contributed by atoms with Crippen LogP contribution < -0.4 is 0 Å². The summed E-state index contributed by atoms with van der Waals surface area (Å²) >= 11 is 0. The predicted octanol–water partition coefficient (Wildman–Crippen LogP) is 0.545. The molecule has 1 saturated carbocycles. The Balaban J connectivity index is 1.82. The Morgan fingerprint density at radius 3 is 2.23 bits per heavy atom. The maximum Gasteiger partial charge on any atom is 0.0851 e. The molecule has 0 radical (unpaired) electrons. The molecule has 3 nitrogen and oxygen atoms in total. The van der Waals surface area contributed by atoms with Gasteiger partial charge in [-0.3, -0.25) is 0 Å². The van der Waals surface area contributed by atoms with E-state index in [1.807, 2.05) is 0 Å². The van der Waals surface area contributed by atoms with Gasteiger partial charge in [0.25, 0.3) is 0 Å². The van der Waals surface area contributed by atoms with Crippen LogP contribution in [-0.4, -0.2) is 35.6 Å². The summed E-state index contributed by atoms with van der Waals surface area (Å²) in [5.74, 6) is 0.515. The highest BCUT2D eigenvalue weighted by Gasteiger charge is 2.38. The van der Waals surface area contributed by atoms with Crippen molar-refractivity contribution in [2.45, 2.75) is 37.9 Å². The SMILES string of the molecule is OC(C1CC1)C(O)C1CCCOC1. The minimum absolute atomic E-state index is 0.157. The fourth-order valence-electron chi connectivity index (χ4n) is 2.03. The lowest BCUT2D eigenvalue weighted by atomic mass is 9.91. The lowest BCUT2D eigenvalue weighted by molar-refractivity contribution is -0.0713. The molecule has 0 spiro atoms. The summed E-state index contributed by atoms with van der Waals surface area (Å²) in [5, 5.41) is 19.5. The Morgan fingerprint density at radius 2 is 1.69 bits per heavy atom. The largest absolute Gasteiger partial charge is 0.390 e. The molecule has 13 heavy (non-hydrogen) atoms. The maximum absolute atomic E-state index is 9.82. The van der Waals surface area contributed by atoms with Crippen molar-refractivity contribution in [2.75, 3.05) is 13.2 Å². The van der Waals surface area contributed by atoms with Crippen LogP contribution in [0.2, 0.25) is 0 Å². The van der Waals surface area contributed by atoms with E-state index in [1.54, 1.807) is 0 Å². The van der Waals surface area contributed by atoms with Gasteiger partial charge in [-0.15, -0.1) is 0 Å². The lowest BCUT2D eigenvalue weighted by Crippen LogP contribution is -2.39. The molecule has 0 amide bonds. The Morgan fingerprint density at radius 1 is 1.00 bits per heavy atom. The van der Waals surface area contributed by atoms with Gasteiger partial charge in [0.15, 0.2) is 0 Å². The van der Waals surface area contributed by atoms with Gasteiger partial charge in [0.05, 0.1) is 18.8 Å². The van der Waals surface area contributed by atoms with E-state index in [1.165, 1.54) is 0 Å². The van der Waals surface area contributed by atoms with E-state index in [0.29, 0.717) is 12.5 Å². The average Bonchev–Trinajstić information content (AvgIpc) is 3.00. The number of rotatable bonds is 3. The smallest absolute Gasteiger partial charge is 0.0851 e.